The summed E-state index contributed by atoms with van der Waals surface area (Å²) in [5, 5.41) is 6.40. The van der Waals surface area contributed by atoms with Crippen LogP contribution < -0.4 is 10.6 Å². The van der Waals surface area contributed by atoms with E-state index in [4.69, 9.17) is 0 Å². The van der Waals surface area contributed by atoms with Crippen LogP contribution in [0.25, 0.3) is 0 Å². The summed E-state index contributed by atoms with van der Waals surface area (Å²) in [6.07, 6.45) is -4.10. The minimum Gasteiger partial charge on any atom is -0.313 e. The monoisotopic (exact) mass is 272 g/mol. The second-order valence-electron chi connectivity index (χ2n) is 5.10. The maximum atomic E-state index is 12.4. The Balaban J connectivity index is 2.08. The molecular formula is C14H19F3N2. The lowest BCUT2D eigenvalue weighted by Crippen LogP contribution is -2.35. The van der Waals surface area contributed by atoms with Gasteiger partial charge >= 0.3 is 6.18 Å². The first-order chi connectivity index (χ1) is 8.96. The van der Waals surface area contributed by atoms with Crippen molar-refractivity contribution in [2.75, 3.05) is 6.54 Å². The fraction of sp³-hybridized carbons (Fsp3) is 0.571. The van der Waals surface area contributed by atoms with E-state index in [1.807, 2.05) is 24.3 Å². The third kappa shape index (κ3) is 4.21. The van der Waals surface area contributed by atoms with Gasteiger partial charge in [-0.05, 0) is 31.0 Å². The molecule has 5 heteroatoms. The topological polar surface area (TPSA) is 24.1 Å². The van der Waals surface area contributed by atoms with Crippen molar-refractivity contribution in [3.8, 4) is 0 Å². The van der Waals surface area contributed by atoms with E-state index in [0.717, 1.165) is 30.6 Å². The number of fused-ring (bicyclic) bond motifs is 1. The van der Waals surface area contributed by atoms with Crippen molar-refractivity contribution < 1.29 is 13.2 Å². The highest BCUT2D eigenvalue weighted by Gasteiger charge is 2.31. The van der Waals surface area contributed by atoms with Crippen molar-refractivity contribution in [3.05, 3.63) is 35.4 Å². The first-order valence-corrected chi connectivity index (χ1v) is 6.57. The summed E-state index contributed by atoms with van der Waals surface area (Å²) in [5.41, 5.74) is 2.28. The molecule has 0 saturated carbocycles. The van der Waals surface area contributed by atoms with Gasteiger partial charge in [-0.15, -0.1) is 0 Å². The molecule has 0 bridgehead atoms. The van der Waals surface area contributed by atoms with Crippen LogP contribution in [0.15, 0.2) is 24.3 Å². The van der Waals surface area contributed by atoms with Crippen LogP contribution >= 0.6 is 0 Å². The summed E-state index contributed by atoms with van der Waals surface area (Å²) >= 11 is 0. The average Bonchev–Trinajstić information content (AvgIpc) is 2.50. The van der Waals surface area contributed by atoms with Crippen molar-refractivity contribution in [2.45, 2.75) is 44.6 Å². The lowest BCUT2D eigenvalue weighted by Gasteiger charge is -2.24. The number of benzene rings is 1. The van der Waals surface area contributed by atoms with Crippen LogP contribution in [-0.2, 0) is 6.54 Å². The van der Waals surface area contributed by atoms with Crippen LogP contribution in [0.5, 0.6) is 0 Å². The summed E-state index contributed by atoms with van der Waals surface area (Å²) < 4.78 is 37.2. The van der Waals surface area contributed by atoms with E-state index in [1.54, 1.807) is 6.92 Å². The molecule has 0 saturated heterocycles. The molecule has 0 aliphatic carbocycles. The molecule has 2 atom stereocenters. The Morgan fingerprint density at radius 3 is 2.84 bits per heavy atom. The van der Waals surface area contributed by atoms with Crippen LogP contribution in [0, 0.1) is 0 Å². The molecular weight excluding hydrogens is 253 g/mol. The van der Waals surface area contributed by atoms with Gasteiger partial charge in [0.15, 0.2) is 0 Å². The molecule has 1 aliphatic heterocycles. The Kier molecular flexibility index (Phi) is 4.47. The zero-order chi connectivity index (χ0) is 13.9. The highest BCUT2D eigenvalue weighted by atomic mass is 19.4. The molecule has 0 aromatic heterocycles. The van der Waals surface area contributed by atoms with Gasteiger partial charge in [0, 0.05) is 18.6 Å². The zero-order valence-electron chi connectivity index (χ0n) is 10.9. The number of rotatable bonds is 3. The fourth-order valence-corrected chi connectivity index (χ4v) is 2.58. The fourth-order valence-electron chi connectivity index (χ4n) is 2.58. The van der Waals surface area contributed by atoms with Crippen LogP contribution in [0.3, 0.4) is 0 Å². The van der Waals surface area contributed by atoms with E-state index in [9.17, 15) is 13.2 Å². The van der Waals surface area contributed by atoms with Crippen molar-refractivity contribution in [3.63, 3.8) is 0 Å². The third-order valence-electron chi connectivity index (χ3n) is 3.38. The van der Waals surface area contributed by atoms with Gasteiger partial charge in [0.2, 0.25) is 0 Å². The van der Waals surface area contributed by atoms with Gasteiger partial charge in [0.05, 0.1) is 6.42 Å². The third-order valence-corrected chi connectivity index (χ3v) is 3.38. The lowest BCUT2D eigenvalue weighted by atomic mass is 9.98. The van der Waals surface area contributed by atoms with Gasteiger partial charge in [0.25, 0.3) is 0 Å². The molecule has 1 aromatic rings. The number of nitrogens with one attached hydrogen (secondary N) is 2. The van der Waals surface area contributed by atoms with Gasteiger partial charge < -0.3 is 10.6 Å². The molecule has 2 N–H and O–H groups in total. The Morgan fingerprint density at radius 2 is 2.11 bits per heavy atom. The van der Waals surface area contributed by atoms with Crippen molar-refractivity contribution in [1.82, 2.24) is 10.6 Å². The van der Waals surface area contributed by atoms with Crippen LogP contribution in [0.4, 0.5) is 13.2 Å². The van der Waals surface area contributed by atoms with Crippen LogP contribution in [0.1, 0.15) is 36.9 Å². The molecule has 1 aromatic carbocycles. The molecule has 1 aliphatic rings. The Bertz CT molecular complexity index is 417. The summed E-state index contributed by atoms with van der Waals surface area (Å²) in [5.74, 6) is 0. The van der Waals surface area contributed by atoms with E-state index in [-0.39, 0.29) is 6.04 Å². The summed E-state index contributed by atoms with van der Waals surface area (Å²) in [7, 11) is 0. The Hall–Kier alpha value is -1.07. The van der Waals surface area contributed by atoms with Crippen LogP contribution in [0.2, 0.25) is 0 Å². The molecule has 2 unspecified atom stereocenters. The van der Waals surface area contributed by atoms with Gasteiger partial charge in [-0.3, -0.25) is 0 Å². The highest BCUT2D eigenvalue weighted by molar-refractivity contribution is 5.31. The molecule has 0 fully saturated rings. The molecule has 0 amide bonds. The molecule has 19 heavy (non-hydrogen) atoms. The standard InChI is InChI=1S/C14H19F3N2/c1-10(8-14(15,16)17)19-13-6-7-18-9-11-4-2-3-5-12(11)13/h2-5,10,13,18-19H,6-9H2,1H3. The first kappa shape index (κ1) is 14.3. The molecule has 2 rings (SSSR count). The van der Waals surface area contributed by atoms with Gasteiger partial charge in [-0.1, -0.05) is 24.3 Å². The largest absolute Gasteiger partial charge is 0.390 e. The lowest BCUT2D eigenvalue weighted by molar-refractivity contribution is -0.139. The normalized spacial score (nSPS) is 21.6. The van der Waals surface area contributed by atoms with Gasteiger partial charge in [0.1, 0.15) is 0 Å². The summed E-state index contributed by atoms with van der Waals surface area (Å²) in [4.78, 5) is 0. The highest BCUT2D eigenvalue weighted by Crippen LogP contribution is 2.27. The van der Waals surface area contributed by atoms with E-state index in [0.29, 0.717) is 0 Å². The van der Waals surface area contributed by atoms with E-state index in [1.165, 1.54) is 0 Å². The predicted molar refractivity (Wildman–Crippen MR) is 68.8 cm³/mol. The van der Waals surface area contributed by atoms with E-state index < -0.39 is 18.6 Å². The number of hydrogen-bond donors (Lipinski definition) is 2. The Morgan fingerprint density at radius 1 is 1.37 bits per heavy atom. The molecule has 0 radical (unpaired) electrons. The zero-order valence-corrected chi connectivity index (χ0v) is 10.9. The van der Waals surface area contributed by atoms with Crippen molar-refractivity contribution >= 4 is 0 Å². The second-order valence-corrected chi connectivity index (χ2v) is 5.10. The smallest absolute Gasteiger partial charge is 0.313 e. The van der Waals surface area contributed by atoms with Crippen molar-refractivity contribution in [1.29, 1.82) is 0 Å². The van der Waals surface area contributed by atoms with Gasteiger partial charge in [-0.25, -0.2) is 0 Å². The molecule has 0 spiro atoms. The first-order valence-electron chi connectivity index (χ1n) is 6.57. The average molecular weight is 272 g/mol. The Labute approximate surface area is 111 Å². The quantitative estimate of drug-likeness (QED) is 0.883. The SMILES string of the molecule is CC(CC(F)(F)F)NC1CCNCc2ccccc21. The molecule has 2 nitrogen and oxygen atoms in total. The predicted octanol–water partition coefficient (Wildman–Crippen LogP) is 3.15. The summed E-state index contributed by atoms with van der Waals surface area (Å²) in [6.45, 7) is 3.18. The molecule has 106 valence electrons. The molecule has 1 heterocycles. The van der Waals surface area contributed by atoms with E-state index >= 15 is 0 Å². The number of hydrogen-bond acceptors (Lipinski definition) is 2. The minimum atomic E-state index is -4.12. The van der Waals surface area contributed by atoms with Crippen molar-refractivity contribution in [2.24, 2.45) is 0 Å². The number of halogens is 3. The van der Waals surface area contributed by atoms with Crippen LogP contribution in [-0.4, -0.2) is 18.8 Å². The second kappa shape index (κ2) is 5.92. The maximum absolute atomic E-state index is 12.4. The minimum absolute atomic E-state index is 0.0106. The maximum Gasteiger partial charge on any atom is 0.390 e. The number of alkyl halides is 3. The van der Waals surface area contributed by atoms with Gasteiger partial charge in [-0.2, -0.15) is 13.2 Å². The van der Waals surface area contributed by atoms with E-state index in [2.05, 4.69) is 10.6 Å². The summed E-state index contributed by atoms with van der Waals surface area (Å²) in [6, 6.07) is 7.34.